The van der Waals surface area contributed by atoms with Crippen LogP contribution in [0.4, 0.5) is 5.69 Å². The highest BCUT2D eigenvalue weighted by Gasteiger charge is 2.18. The van der Waals surface area contributed by atoms with Gasteiger partial charge in [0.25, 0.3) is 15.9 Å². The minimum atomic E-state index is -3.70. The van der Waals surface area contributed by atoms with E-state index in [1.54, 1.807) is 23.1 Å². The first-order valence-corrected chi connectivity index (χ1v) is 9.76. The number of rotatable bonds is 6. The van der Waals surface area contributed by atoms with Gasteiger partial charge in [0.2, 0.25) is 0 Å². The summed E-state index contributed by atoms with van der Waals surface area (Å²) in [6.07, 6.45) is 0. The van der Waals surface area contributed by atoms with Gasteiger partial charge >= 0.3 is 0 Å². The normalized spacial score (nSPS) is 11.2. The van der Waals surface area contributed by atoms with E-state index in [0.717, 1.165) is 11.1 Å². The van der Waals surface area contributed by atoms with Crippen LogP contribution in [0.1, 0.15) is 35.3 Å². The summed E-state index contributed by atoms with van der Waals surface area (Å²) in [7, 11) is -3.70. The standard InChI is InChI=1S/C19H24N2O3S/c1-5-21(6-2)19(22)16-10-12-17(13-11-16)25(23,24)20-18-9-7-8-14(3)15(18)4/h7-13,20H,5-6H2,1-4H3. The molecule has 134 valence electrons. The summed E-state index contributed by atoms with van der Waals surface area (Å²) >= 11 is 0. The highest BCUT2D eigenvalue weighted by molar-refractivity contribution is 7.92. The fourth-order valence-corrected chi connectivity index (χ4v) is 3.66. The van der Waals surface area contributed by atoms with Gasteiger partial charge in [0.1, 0.15) is 0 Å². The monoisotopic (exact) mass is 360 g/mol. The molecule has 2 aromatic carbocycles. The fourth-order valence-electron chi connectivity index (χ4n) is 2.54. The molecule has 0 aliphatic heterocycles. The first kappa shape index (κ1) is 19.0. The van der Waals surface area contributed by atoms with Crippen LogP contribution in [0.15, 0.2) is 47.4 Å². The predicted molar refractivity (Wildman–Crippen MR) is 100 cm³/mol. The molecule has 0 saturated heterocycles. The number of carbonyl (C=O) groups excluding carboxylic acids is 1. The quantitative estimate of drug-likeness (QED) is 0.856. The Labute approximate surface area is 149 Å². The summed E-state index contributed by atoms with van der Waals surface area (Å²) in [5.41, 5.74) is 2.94. The third kappa shape index (κ3) is 4.20. The van der Waals surface area contributed by atoms with Crippen molar-refractivity contribution in [3.8, 4) is 0 Å². The van der Waals surface area contributed by atoms with Gasteiger partial charge in [-0.25, -0.2) is 8.42 Å². The molecule has 0 spiro atoms. The van der Waals surface area contributed by atoms with E-state index in [0.29, 0.717) is 24.3 Å². The van der Waals surface area contributed by atoms with E-state index >= 15 is 0 Å². The van der Waals surface area contributed by atoms with Crippen molar-refractivity contribution in [2.24, 2.45) is 0 Å². The zero-order valence-corrected chi connectivity index (χ0v) is 15.9. The van der Waals surface area contributed by atoms with Gasteiger partial charge in [-0.3, -0.25) is 9.52 Å². The fraction of sp³-hybridized carbons (Fsp3) is 0.316. The molecule has 0 unspecified atom stereocenters. The number of hydrogen-bond donors (Lipinski definition) is 1. The van der Waals surface area contributed by atoms with Crippen molar-refractivity contribution in [3.63, 3.8) is 0 Å². The molecule has 1 N–H and O–H groups in total. The van der Waals surface area contributed by atoms with Crippen LogP contribution in [0, 0.1) is 13.8 Å². The highest BCUT2D eigenvalue weighted by atomic mass is 32.2. The average molecular weight is 360 g/mol. The zero-order chi connectivity index (χ0) is 18.6. The van der Waals surface area contributed by atoms with Gasteiger partial charge in [-0.2, -0.15) is 0 Å². The Morgan fingerprint density at radius 2 is 1.60 bits per heavy atom. The lowest BCUT2D eigenvalue weighted by Crippen LogP contribution is -2.30. The van der Waals surface area contributed by atoms with Crippen molar-refractivity contribution >= 4 is 21.6 Å². The molecular formula is C19H24N2O3S. The summed E-state index contributed by atoms with van der Waals surface area (Å²) in [5.74, 6) is -0.101. The second-order valence-electron chi connectivity index (χ2n) is 5.85. The lowest BCUT2D eigenvalue weighted by Gasteiger charge is -2.18. The topological polar surface area (TPSA) is 66.5 Å². The van der Waals surface area contributed by atoms with E-state index < -0.39 is 10.0 Å². The SMILES string of the molecule is CCN(CC)C(=O)c1ccc(S(=O)(=O)Nc2cccc(C)c2C)cc1. The number of nitrogens with one attached hydrogen (secondary N) is 1. The summed E-state index contributed by atoms with van der Waals surface area (Å²) in [4.78, 5) is 14.1. The van der Waals surface area contributed by atoms with Gasteiger partial charge in [0.05, 0.1) is 10.6 Å². The number of sulfonamides is 1. The second-order valence-corrected chi connectivity index (χ2v) is 7.54. The summed E-state index contributed by atoms with van der Waals surface area (Å²) in [5, 5.41) is 0. The maximum atomic E-state index is 12.6. The minimum absolute atomic E-state index is 0.101. The molecule has 0 saturated carbocycles. The van der Waals surface area contributed by atoms with Crippen LogP contribution >= 0.6 is 0 Å². The van der Waals surface area contributed by atoms with Gasteiger partial charge in [-0.1, -0.05) is 12.1 Å². The highest BCUT2D eigenvalue weighted by Crippen LogP contribution is 2.22. The second kappa shape index (κ2) is 7.70. The van der Waals surface area contributed by atoms with Crippen LogP contribution < -0.4 is 4.72 Å². The molecule has 5 nitrogen and oxygen atoms in total. The molecule has 25 heavy (non-hydrogen) atoms. The Bertz CT molecular complexity index is 855. The lowest BCUT2D eigenvalue weighted by atomic mass is 10.1. The molecule has 0 bridgehead atoms. The van der Waals surface area contributed by atoms with E-state index in [1.165, 1.54) is 12.1 Å². The molecule has 2 rings (SSSR count). The predicted octanol–water partition coefficient (Wildman–Crippen LogP) is 3.59. The largest absolute Gasteiger partial charge is 0.339 e. The van der Waals surface area contributed by atoms with Crippen molar-refractivity contribution in [1.29, 1.82) is 0 Å². The Kier molecular flexibility index (Phi) is 5.85. The molecule has 0 radical (unpaired) electrons. The number of nitrogens with zero attached hydrogens (tertiary/aromatic N) is 1. The van der Waals surface area contributed by atoms with Crippen LogP contribution in [0.3, 0.4) is 0 Å². The Hall–Kier alpha value is -2.34. The van der Waals surface area contributed by atoms with Crippen LogP contribution in [-0.2, 0) is 10.0 Å². The van der Waals surface area contributed by atoms with E-state index in [9.17, 15) is 13.2 Å². The number of hydrogen-bond acceptors (Lipinski definition) is 3. The van der Waals surface area contributed by atoms with Gasteiger partial charge in [-0.15, -0.1) is 0 Å². The average Bonchev–Trinajstić information content (AvgIpc) is 2.60. The first-order chi connectivity index (χ1) is 11.8. The van der Waals surface area contributed by atoms with E-state index in [2.05, 4.69) is 4.72 Å². The smallest absolute Gasteiger partial charge is 0.261 e. The maximum absolute atomic E-state index is 12.6. The van der Waals surface area contributed by atoms with Gasteiger partial charge in [-0.05, 0) is 69.2 Å². The van der Waals surface area contributed by atoms with Crippen LogP contribution in [-0.4, -0.2) is 32.3 Å². The van der Waals surface area contributed by atoms with Gasteiger partial charge in [0.15, 0.2) is 0 Å². The Balaban J connectivity index is 2.26. The number of aryl methyl sites for hydroxylation is 1. The molecule has 0 aromatic heterocycles. The lowest BCUT2D eigenvalue weighted by molar-refractivity contribution is 0.0773. The number of benzene rings is 2. The van der Waals surface area contributed by atoms with Crippen molar-refractivity contribution in [2.75, 3.05) is 17.8 Å². The van der Waals surface area contributed by atoms with E-state index in [4.69, 9.17) is 0 Å². The van der Waals surface area contributed by atoms with Gasteiger partial charge in [0, 0.05) is 18.7 Å². The molecular weight excluding hydrogens is 336 g/mol. The molecule has 0 fully saturated rings. The molecule has 6 heteroatoms. The molecule has 1 amide bonds. The van der Waals surface area contributed by atoms with Crippen molar-refractivity contribution in [3.05, 3.63) is 59.2 Å². The number of anilines is 1. The maximum Gasteiger partial charge on any atom is 0.261 e. The molecule has 2 aromatic rings. The molecule has 0 aliphatic rings. The van der Waals surface area contributed by atoms with Gasteiger partial charge < -0.3 is 4.90 Å². The molecule has 0 heterocycles. The molecule has 0 atom stereocenters. The Morgan fingerprint density at radius 3 is 2.16 bits per heavy atom. The zero-order valence-electron chi connectivity index (χ0n) is 15.0. The third-order valence-corrected chi connectivity index (χ3v) is 5.69. The number of carbonyl (C=O) groups is 1. The van der Waals surface area contributed by atoms with Crippen molar-refractivity contribution < 1.29 is 13.2 Å². The first-order valence-electron chi connectivity index (χ1n) is 8.28. The van der Waals surface area contributed by atoms with E-state index in [-0.39, 0.29) is 10.8 Å². The van der Waals surface area contributed by atoms with E-state index in [1.807, 2.05) is 39.8 Å². The number of amides is 1. The summed E-state index contributed by atoms with van der Waals surface area (Å²) in [6, 6.07) is 11.5. The van der Waals surface area contributed by atoms with Crippen LogP contribution in [0.25, 0.3) is 0 Å². The third-order valence-electron chi connectivity index (χ3n) is 4.31. The van der Waals surface area contributed by atoms with Crippen molar-refractivity contribution in [2.45, 2.75) is 32.6 Å². The minimum Gasteiger partial charge on any atom is -0.339 e. The van der Waals surface area contributed by atoms with Crippen LogP contribution in [0.5, 0.6) is 0 Å². The summed E-state index contributed by atoms with van der Waals surface area (Å²) < 4.78 is 27.8. The van der Waals surface area contributed by atoms with Crippen molar-refractivity contribution in [1.82, 2.24) is 4.90 Å². The molecule has 0 aliphatic carbocycles. The Morgan fingerprint density at radius 1 is 1.00 bits per heavy atom. The van der Waals surface area contributed by atoms with Crippen LogP contribution in [0.2, 0.25) is 0 Å². The summed E-state index contributed by atoms with van der Waals surface area (Å²) in [6.45, 7) is 8.86.